The average Bonchev–Trinajstić information content (AvgIpc) is 3.27. The van der Waals surface area contributed by atoms with Crippen LogP contribution in [0.2, 0.25) is 0 Å². The van der Waals surface area contributed by atoms with Gasteiger partial charge in [-0.2, -0.15) is 0 Å². The molecule has 4 rings (SSSR count). The van der Waals surface area contributed by atoms with Gasteiger partial charge in [0.1, 0.15) is 23.1 Å². The van der Waals surface area contributed by atoms with E-state index >= 15 is 0 Å². The first-order valence-corrected chi connectivity index (χ1v) is 10.2. The second kappa shape index (κ2) is 8.75. The van der Waals surface area contributed by atoms with E-state index in [0.29, 0.717) is 29.7 Å². The summed E-state index contributed by atoms with van der Waals surface area (Å²) in [6, 6.07) is 10.4. The van der Waals surface area contributed by atoms with Gasteiger partial charge in [-0.15, -0.1) is 0 Å². The first kappa shape index (κ1) is 20.2. The van der Waals surface area contributed by atoms with Crippen LogP contribution in [0.3, 0.4) is 0 Å². The Morgan fingerprint density at radius 1 is 1.03 bits per heavy atom. The molecule has 0 aliphatic carbocycles. The fourth-order valence-corrected chi connectivity index (χ4v) is 4.06. The monoisotopic (exact) mass is 409 g/mol. The largest absolute Gasteiger partial charge is 0.508 e. The molecule has 0 bridgehead atoms. The summed E-state index contributed by atoms with van der Waals surface area (Å²) < 4.78 is 12.6. The lowest BCUT2D eigenvalue weighted by Crippen LogP contribution is -2.32. The Balaban J connectivity index is 1.78. The first-order chi connectivity index (χ1) is 14.6. The number of hydrogen-bond acceptors (Lipinski definition) is 6. The minimum absolute atomic E-state index is 0.0645. The molecule has 7 nitrogen and oxygen atoms in total. The summed E-state index contributed by atoms with van der Waals surface area (Å²) in [6.45, 7) is 3.48. The Labute approximate surface area is 175 Å². The van der Waals surface area contributed by atoms with Crippen LogP contribution in [-0.4, -0.2) is 53.4 Å². The van der Waals surface area contributed by atoms with Crippen molar-refractivity contribution >= 4 is 10.9 Å². The van der Waals surface area contributed by atoms with E-state index in [4.69, 9.17) is 14.5 Å². The number of benzene rings is 2. The molecular formula is C23H27N3O4. The summed E-state index contributed by atoms with van der Waals surface area (Å²) in [4.78, 5) is 20.5. The lowest BCUT2D eigenvalue weighted by molar-refractivity contribution is 0.318. The molecule has 1 aliphatic heterocycles. The molecule has 1 aromatic heterocycles. The zero-order valence-corrected chi connectivity index (χ0v) is 17.4. The van der Waals surface area contributed by atoms with Gasteiger partial charge in [-0.25, -0.2) is 4.98 Å². The highest BCUT2D eigenvalue weighted by Gasteiger charge is 2.17. The normalized spacial score (nSPS) is 14.3. The number of phenols is 1. The van der Waals surface area contributed by atoms with E-state index in [1.807, 2.05) is 18.2 Å². The zero-order valence-electron chi connectivity index (χ0n) is 17.4. The molecule has 0 atom stereocenters. The first-order valence-electron chi connectivity index (χ1n) is 10.2. The zero-order chi connectivity index (χ0) is 21.1. The number of ether oxygens (including phenoxy) is 2. The van der Waals surface area contributed by atoms with Gasteiger partial charge in [0.15, 0.2) is 0 Å². The van der Waals surface area contributed by atoms with Crippen molar-refractivity contribution in [2.45, 2.75) is 25.8 Å². The van der Waals surface area contributed by atoms with Crippen molar-refractivity contribution in [3.8, 4) is 17.2 Å². The fraction of sp³-hybridized carbons (Fsp3) is 0.391. The molecule has 158 valence electrons. The lowest BCUT2D eigenvalue weighted by atomic mass is 10.1. The van der Waals surface area contributed by atoms with Crippen LogP contribution in [0, 0.1) is 0 Å². The Kier molecular flexibility index (Phi) is 5.90. The highest BCUT2D eigenvalue weighted by atomic mass is 16.5. The minimum Gasteiger partial charge on any atom is -0.508 e. The summed E-state index contributed by atoms with van der Waals surface area (Å²) in [5, 5.41) is 10.3. The molecule has 0 unspecified atom stereocenters. The highest BCUT2D eigenvalue weighted by Crippen LogP contribution is 2.26. The van der Waals surface area contributed by atoms with E-state index in [0.717, 1.165) is 36.7 Å². The van der Waals surface area contributed by atoms with Gasteiger partial charge in [0.2, 0.25) is 0 Å². The van der Waals surface area contributed by atoms with Crippen LogP contribution in [0.1, 0.15) is 24.2 Å². The molecule has 0 amide bonds. The van der Waals surface area contributed by atoms with Crippen LogP contribution in [0.5, 0.6) is 17.2 Å². The quantitative estimate of drug-likeness (QED) is 0.647. The van der Waals surface area contributed by atoms with Crippen molar-refractivity contribution in [2.24, 2.45) is 0 Å². The van der Waals surface area contributed by atoms with E-state index in [-0.39, 0.29) is 11.3 Å². The Bertz CT molecular complexity index is 1100. The van der Waals surface area contributed by atoms with Gasteiger partial charge in [0.05, 0.1) is 25.1 Å². The standard InChI is InChI=1S/C23H27N3O4/c1-29-18-6-8-21(30-2)16(13-18)14-22-24-20-7-5-17(27)15-19(20)23(28)26(22)12-11-25-9-3-4-10-25/h5-8,13,15,27H,3-4,9-12,14H2,1-2H3. The van der Waals surface area contributed by atoms with Gasteiger partial charge in [0, 0.05) is 25.1 Å². The van der Waals surface area contributed by atoms with Gasteiger partial charge in [-0.1, -0.05) is 0 Å². The number of fused-ring (bicyclic) bond motifs is 1. The predicted octanol–water partition coefficient (Wildman–Crippen LogP) is 2.81. The predicted molar refractivity (Wildman–Crippen MR) is 116 cm³/mol. The van der Waals surface area contributed by atoms with E-state index in [2.05, 4.69) is 4.90 Å². The van der Waals surface area contributed by atoms with E-state index in [1.165, 1.54) is 18.9 Å². The van der Waals surface area contributed by atoms with Crippen LogP contribution in [-0.2, 0) is 13.0 Å². The van der Waals surface area contributed by atoms with Crippen molar-refractivity contribution in [1.82, 2.24) is 14.5 Å². The molecule has 0 radical (unpaired) electrons. The maximum atomic E-state index is 13.3. The molecule has 2 aromatic carbocycles. The van der Waals surface area contributed by atoms with E-state index < -0.39 is 0 Å². The topological polar surface area (TPSA) is 76.8 Å². The number of aromatic hydroxyl groups is 1. The molecule has 3 aromatic rings. The van der Waals surface area contributed by atoms with Crippen LogP contribution in [0.4, 0.5) is 0 Å². The van der Waals surface area contributed by atoms with Gasteiger partial charge >= 0.3 is 0 Å². The third-order valence-electron chi connectivity index (χ3n) is 5.69. The van der Waals surface area contributed by atoms with E-state index in [1.54, 1.807) is 30.9 Å². The second-order valence-electron chi connectivity index (χ2n) is 7.59. The number of rotatable bonds is 7. The minimum atomic E-state index is -0.132. The Morgan fingerprint density at radius 3 is 2.57 bits per heavy atom. The van der Waals surface area contributed by atoms with Gasteiger partial charge in [-0.3, -0.25) is 9.36 Å². The second-order valence-corrected chi connectivity index (χ2v) is 7.59. The molecule has 1 N–H and O–H groups in total. The van der Waals surface area contributed by atoms with Crippen LogP contribution >= 0.6 is 0 Å². The van der Waals surface area contributed by atoms with Crippen molar-refractivity contribution in [2.75, 3.05) is 33.9 Å². The van der Waals surface area contributed by atoms with Crippen molar-refractivity contribution in [3.63, 3.8) is 0 Å². The summed E-state index contributed by atoms with van der Waals surface area (Å²) >= 11 is 0. The molecule has 0 spiro atoms. The summed E-state index contributed by atoms with van der Waals surface area (Å²) in [5.41, 5.74) is 1.34. The number of methoxy groups -OCH3 is 2. The van der Waals surface area contributed by atoms with Crippen LogP contribution in [0.15, 0.2) is 41.2 Å². The lowest BCUT2D eigenvalue weighted by Gasteiger charge is -2.19. The number of hydrogen-bond donors (Lipinski definition) is 1. The summed E-state index contributed by atoms with van der Waals surface area (Å²) in [5.74, 6) is 2.18. The van der Waals surface area contributed by atoms with Crippen LogP contribution < -0.4 is 15.0 Å². The SMILES string of the molecule is COc1ccc(OC)c(Cc2nc3ccc(O)cc3c(=O)n2CCN2CCCC2)c1. The van der Waals surface area contributed by atoms with Crippen LogP contribution in [0.25, 0.3) is 10.9 Å². The van der Waals surface area contributed by atoms with Gasteiger partial charge in [0.25, 0.3) is 5.56 Å². The number of phenolic OH excluding ortho intramolecular Hbond substituents is 1. The molecular weight excluding hydrogens is 382 g/mol. The molecule has 2 heterocycles. The Hall–Kier alpha value is -3.06. The van der Waals surface area contributed by atoms with Crippen molar-refractivity contribution in [1.29, 1.82) is 0 Å². The summed E-state index contributed by atoms with van der Waals surface area (Å²) in [6.07, 6.45) is 2.84. The maximum absolute atomic E-state index is 13.3. The van der Waals surface area contributed by atoms with Crippen molar-refractivity contribution < 1.29 is 14.6 Å². The number of nitrogens with zero attached hydrogens (tertiary/aromatic N) is 3. The molecule has 0 saturated carbocycles. The smallest absolute Gasteiger partial charge is 0.261 e. The number of aromatic nitrogens is 2. The number of likely N-dealkylation sites (tertiary alicyclic amines) is 1. The molecule has 1 saturated heterocycles. The van der Waals surface area contributed by atoms with Gasteiger partial charge < -0.3 is 19.5 Å². The Morgan fingerprint density at radius 2 is 1.83 bits per heavy atom. The maximum Gasteiger partial charge on any atom is 0.261 e. The third-order valence-corrected chi connectivity index (χ3v) is 5.69. The molecule has 30 heavy (non-hydrogen) atoms. The molecule has 1 fully saturated rings. The average molecular weight is 409 g/mol. The molecule has 7 heteroatoms. The summed E-state index contributed by atoms with van der Waals surface area (Å²) in [7, 11) is 3.25. The third kappa shape index (κ3) is 4.11. The van der Waals surface area contributed by atoms with E-state index in [9.17, 15) is 9.90 Å². The van der Waals surface area contributed by atoms with Crippen molar-refractivity contribution in [3.05, 3.63) is 58.1 Å². The highest BCUT2D eigenvalue weighted by molar-refractivity contribution is 5.79. The fourth-order valence-electron chi connectivity index (χ4n) is 4.06. The van der Waals surface area contributed by atoms with Gasteiger partial charge in [-0.05, 0) is 62.3 Å². The molecule has 1 aliphatic rings.